The van der Waals surface area contributed by atoms with Gasteiger partial charge >= 0.3 is 0 Å². The van der Waals surface area contributed by atoms with E-state index < -0.39 is 17.5 Å². The highest BCUT2D eigenvalue weighted by Gasteiger charge is 2.18. The molecule has 0 bridgehead atoms. The van der Waals surface area contributed by atoms with Crippen LogP contribution in [0.2, 0.25) is 5.02 Å². The molecule has 0 atom stereocenters. The molecule has 1 amide bonds. The minimum absolute atomic E-state index is 0.0495. The summed E-state index contributed by atoms with van der Waals surface area (Å²) in [6.45, 7) is -0.0495. The summed E-state index contributed by atoms with van der Waals surface area (Å²) in [5, 5.41) is 0.222. The van der Waals surface area contributed by atoms with E-state index in [0.29, 0.717) is 0 Å². The Labute approximate surface area is 119 Å². The van der Waals surface area contributed by atoms with Gasteiger partial charge in [-0.1, -0.05) is 17.7 Å². The second kappa shape index (κ2) is 5.96. The van der Waals surface area contributed by atoms with Crippen LogP contribution in [0.5, 0.6) is 0 Å². The van der Waals surface area contributed by atoms with Crippen molar-refractivity contribution in [2.75, 3.05) is 7.05 Å². The van der Waals surface area contributed by atoms with Crippen LogP contribution < -0.4 is 0 Å². The maximum absolute atomic E-state index is 13.6. The molecular weight excluding hydrogens is 286 g/mol. The first-order valence-electron chi connectivity index (χ1n) is 5.78. The number of carbonyl (C=O) groups is 1. The van der Waals surface area contributed by atoms with Gasteiger partial charge < -0.3 is 4.90 Å². The molecule has 0 aliphatic carbocycles. The van der Waals surface area contributed by atoms with E-state index >= 15 is 0 Å². The largest absolute Gasteiger partial charge is 0.337 e. The standard InChI is InChI=1S/C14H11ClF2N2O/c1-19(8-10-11(15)3-2-4-12(10)16)14(20)9-5-6-18-7-13(9)17/h2-7H,8H2,1H3. The number of rotatable bonds is 3. The quantitative estimate of drug-likeness (QED) is 0.871. The van der Waals surface area contributed by atoms with Gasteiger partial charge in [0.15, 0.2) is 5.82 Å². The molecule has 0 N–H and O–H groups in total. The van der Waals surface area contributed by atoms with Crippen molar-refractivity contribution in [1.82, 2.24) is 9.88 Å². The van der Waals surface area contributed by atoms with E-state index in [0.717, 1.165) is 6.20 Å². The molecule has 2 aromatic rings. The van der Waals surface area contributed by atoms with Crippen LogP contribution in [0.4, 0.5) is 8.78 Å². The number of halogens is 3. The Morgan fingerprint density at radius 3 is 2.70 bits per heavy atom. The lowest BCUT2D eigenvalue weighted by atomic mass is 10.1. The molecule has 0 saturated heterocycles. The van der Waals surface area contributed by atoms with Gasteiger partial charge in [0.25, 0.3) is 5.91 Å². The lowest BCUT2D eigenvalue weighted by molar-refractivity contribution is 0.0779. The molecule has 0 aliphatic heterocycles. The molecule has 1 aromatic carbocycles. The molecule has 2 rings (SSSR count). The highest BCUT2D eigenvalue weighted by molar-refractivity contribution is 6.31. The number of hydrogen-bond donors (Lipinski definition) is 0. The van der Waals surface area contributed by atoms with Gasteiger partial charge in [0, 0.05) is 30.4 Å². The van der Waals surface area contributed by atoms with Gasteiger partial charge in [-0.3, -0.25) is 9.78 Å². The van der Waals surface area contributed by atoms with E-state index in [1.165, 1.54) is 42.4 Å². The summed E-state index contributed by atoms with van der Waals surface area (Å²) in [7, 11) is 1.45. The van der Waals surface area contributed by atoms with Crippen molar-refractivity contribution in [3.05, 3.63) is 64.4 Å². The number of aromatic nitrogens is 1. The first kappa shape index (κ1) is 14.4. The zero-order valence-corrected chi connectivity index (χ0v) is 11.4. The number of hydrogen-bond acceptors (Lipinski definition) is 2. The molecule has 0 radical (unpaired) electrons. The third-order valence-corrected chi connectivity index (χ3v) is 3.16. The van der Waals surface area contributed by atoms with Crippen LogP contribution in [0.1, 0.15) is 15.9 Å². The van der Waals surface area contributed by atoms with Crippen molar-refractivity contribution >= 4 is 17.5 Å². The van der Waals surface area contributed by atoms with E-state index in [1.54, 1.807) is 0 Å². The maximum atomic E-state index is 13.6. The zero-order chi connectivity index (χ0) is 14.7. The first-order valence-corrected chi connectivity index (χ1v) is 6.16. The summed E-state index contributed by atoms with van der Waals surface area (Å²) in [6.07, 6.45) is 2.28. The first-order chi connectivity index (χ1) is 9.50. The third kappa shape index (κ3) is 2.93. The molecule has 1 heterocycles. The lowest BCUT2D eigenvalue weighted by Gasteiger charge is -2.18. The van der Waals surface area contributed by atoms with E-state index in [1.807, 2.05) is 0 Å². The Bertz CT molecular complexity index is 629. The number of pyridine rings is 1. The summed E-state index contributed by atoms with van der Waals surface area (Å²) in [6, 6.07) is 5.54. The van der Waals surface area contributed by atoms with Gasteiger partial charge in [-0.05, 0) is 18.2 Å². The van der Waals surface area contributed by atoms with E-state index in [-0.39, 0.29) is 22.7 Å². The maximum Gasteiger partial charge on any atom is 0.256 e. The normalized spacial score (nSPS) is 10.4. The smallest absolute Gasteiger partial charge is 0.256 e. The van der Waals surface area contributed by atoms with Crippen LogP contribution in [-0.2, 0) is 6.54 Å². The second-order valence-electron chi connectivity index (χ2n) is 4.22. The van der Waals surface area contributed by atoms with E-state index in [9.17, 15) is 13.6 Å². The van der Waals surface area contributed by atoms with Crippen LogP contribution in [0.25, 0.3) is 0 Å². The van der Waals surface area contributed by atoms with Crippen LogP contribution in [0, 0.1) is 11.6 Å². The highest BCUT2D eigenvalue weighted by Crippen LogP contribution is 2.21. The third-order valence-electron chi connectivity index (χ3n) is 2.81. The summed E-state index contributed by atoms with van der Waals surface area (Å²) in [5.74, 6) is -1.79. The molecule has 0 spiro atoms. The highest BCUT2D eigenvalue weighted by atomic mass is 35.5. The van der Waals surface area contributed by atoms with E-state index in [4.69, 9.17) is 11.6 Å². The van der Waals surface area contributed by atoms with Crippen LogP contribution >= 0.6 is 11.6 Å². The Morgan fingerprint density at radius 2 is 2.05 bits per heavy atom. The van der Waals surface area contributed by atoms with E-state index in [2.05, 4.69) is 4.98 Å². The molecule has 0 fully saturated rings. The van der Waals surface area contributed by atoms with Crippen molar-refractivity contribution < 1.29 is 13.6 Å². The Kier molecular flexibility index (Phi) is 4.29. The van der Waals surface area contributed by atoms with Crippen molar-refractivity contribution in [2.45, 2.75) is 6.54 Å². The SMILES string of the molecule is CN(Cc1c(F)cccc1Cl)C(=O)c1ccncc1F. The van der Waals surface area contributed by atoms with Crippen LogP contribution in [0.3, 0.4) is 0 Å². The average molecular weight is 297 g/mol. The van der Waals surface area contributed by atoms with Crippen LogP contribution in [0.15, 0.2) is 36.7 Å². The summed E-state index contributed by atoms with van der Waals surface area (Å²) in [5.41, 5.74) is 0.0782. The van der Waals surface area contributed by atoms with Crippen molar-refractivity contribution in [1.29, 1.82) is 0 Å². The van der Waals surface area contributed by atoms with Crippen molar-refractivity contribution in [2.24, 2.45) is 0 Å². The molecule has 1 aromatic heterocycles. The molecule has 104 valence electrons. The topological polar surface area (TPSA) is 33.2 Å². The fraction of sp³-hybridized carbons (Fsp3) is 0.143. The van der Waals surface area contributed by atoms with Gasteiger partial charge in [0.2, 0.25) is 0 Å². The molecule has 20 heavy (non-hydrogen) atoms. The average Bonchev–Trinajstić information content (AvgIpc) is 2.42. The molecule has 6 heteroatoms. The second-order valence-corrected chi connectivity index (χ2v) is 4.62. The number of carbonyl (C=O) groups excluding carboxylic acids is 1. The predicted octanol–water partition coefficient (Wildman–Crippen LogP) is 3.29. The van der Waals surface area contributed by atoms with Gasteiger partial charge in [-0.2, -0.15) is 0 Å². The minimum atomic E-state index is -0.719. The van der Waals surface area contributed by atoms with Gasteiger partial charge in [-0.15, -0.1) is 0 Å². The molecule has 0 saturated carbocycles. The molecule has 0 unspecified atom stereocenters. The number of nitrogens with zero attached hydrogens (tertiary/aromatic N) is 2. The summed E-state index contributed by atoms with van der Waals surface area (Å²) in [4.78, 5) is 16.9. The Morgan fingerprint density at radius 1 is 1.30 bits per heavy atom. The fourth-order valence-electron chi connectivity index (χ4n) is 1.75. The fourth-order valence-corrected chi connectivity index (χ4v) is 1.97. The monoisotopic (exact) mass is 296 g/mol. The van der Waals surface area contributed by atoms with Gasteiger partial charge in [-0.25, -0.2) is 8.78 Å². The van der Waals surface area contributed by atoms with Crippen molar-refractivity contribution in [3.8, 4) is 0 Å². The zero-order valence-electron chi connectivity index (χ0n) is 10.6. The number of amides is 1. The predicted molar refractivity (Wildman–Crippen MR) is 71.4 cm³/mol. The molecule has 3 nitrogen and oxygen atoms in total. The summed E-state index contributed by atoms with van der Waals surface area (Å²) >= 11 is 5.89. The molecular formula is C14H11ClF2N2O. The van der Waals surface area contributed by atoms with Gasteiger partial charge in [0.05, 0.1) is 11.8 Å². The summed E-state index contributed by atoms with van der Waals surface area (Å²) < 4.78 is 27.1. The Hall–Kier alpha value is -2.01. The molecule has 0 aliphatic rings. The van der Waals surface area contributed by atoms with Crippen molar-refractivity contribution in [3.63, 3.8) is 0 Å². The van der Waals surface area contributed by atoms with Crippen LogP contribution in [-0.4, -0.2) is 22.8 Å². The number of benzene rings is 1. The lowest BCUT2D eigenvalue weighted by Crippen LogP contribution is -2.27. The Balaban J connectivity index is 2.23. The van der Waals surface area contributed by atoms with Gasteiger partial charge in [0.1, 0.15) is 5.82 Å². The minimum Gasteiger partial charge on any atom is -0.337 e.